The first kappa shape index (κ1) is 60.7. The standard InChI is InChI=1S/2C45H35N3S/c1-44(2)37-25-31(22-23-33(37)35-26-36-34-20-11-12-21-39(34)49-40(36)27-38(35)45(44,3)4)30-18-13-19-32(24-30)43-47-41(28-14-7-5-8-15-28)46-42(48-43)29-16-9-6-10-17-29;1-44(2)37-25-32(23-24-33(37)35-26-36-34-17-11-12-18-39(34)49-40(36)27-38(35)45(44,3)4)28-19-21-31(22-20-28)43-47-41(29-13-7-5-8-14-29)46-42(48-43)30-15-9-6-10-16-30/h2*5-27H,1-4H3. The molecule has 0 unspecified atom stereocenters. The lowest BCUT2D eigenvalue weighted by Crippen LogP contribution is -2.43. The average molecular weight is 1300 g/mol. The fourth-order valence-corrected chi connectivity index (χ4v) is 17.1. The molecule has 0 atom stereocenters. The van der Waals surface area contributed by atoms with Gasteiger partial charge in [-0.25, -0.2) is 29.9 Å². The zero-order valence-electron chi connectivity index (χ0n) is 56.1. The zero-order valence-corrected chi connectivity index (χ0v) is 57.7. The van der Waals surface area contributed by atoms with Gasteiger partial charge in [-0.2, -0.15) is 0 Å². The molecule has 0 saturated carbocycles. The molecular formula is C90H70N6S2. The lowest BCUT2D eigenvalue weighted by atomic mass is 9.55. The molecule has 0 N–H and O–H groups in total. The van der Waals surface area contributed by atoms with Gasteiger partial charge in [0.05, 0.1) is 0 Å². The lowest BCUT2D eigenvalue weighted by Gasteiger charge is -2.48. The molecule has 4 heterocycles. The molecular weight excluding hydrogens is 1230 g/mol. The van der Waals surface area contributed by atoms with Crippen LogP contribution < -0.4 is 0 Å². The van der Waals surface area contributed by atoms with Gasteiger partial charge in [-0.05, 0) is 143 Å². The van der Waals surface area contributed by atoms with E-state index in [9.17, 15) is 0 Å². The van der Waals surface area contributed by atoms with E-state index in [4.69, 9.17) is 29.9 Å². The van der Waals surface area contributed by atoms with Gasteiger partial charge in [-0.15, -0.1) is 22.7 Å². The molecule has 0 fully saturated rings. The number of hydrogen-bond donors (Lipinski definition) is 0. The van der Waals surface area contributed by atoms with Gasteiger partial charge in [-0.3, -0.25) is 0 Å². The minimum atomic E-state index is -0.101. The van der Waals surface area contributed by atoms with Crippen molar-refractivity contribution in [2.45, 2.75) is 77.0 Å². The number of aromatic nitrogens is 6. The summed E-state index contributed by atoms with van der Waals surface area (Å²) in [6.45, 7) is 19.3. The number of rotatable bonds is 8. The number of nitrogens with zero attached hydrogens (tertiary/aromatic N) is 6. The van der Waals surface area contributed by atoms with E-state index in [1.165, 1.54) is 102 Å². The minimum absolute atomic E-state index is 0.0617. The molecule has 12 aromatic carbocycles. The molecule has 4 aromatic heterocycles. The van der Waals surface area contributed by atoms with Gasteiger partial charge in [0.15, 0.2) is 34.9 Å². The van der Waals surface area contributed by atoms with Gasteiger partial charge >= 0.3 is 0 Å². The molecule has 2 aliphatic carbocycles. The smallest absolute Gasteiger partial charge is 0.164 e. The Kier molecular flexibility index (Phi) is 14.5. The molecule has 98 heavy (non-hydrogen) atoms. The van der Waals surface area contributed by atoms with Crippen molar-refractivity contribution in [2.75, 3.05) is 0 Å². The van der Waals surface area contributed by atoms with Crippen molar-refractivity contribution < 1.29 is 0 Å². The maximum atomic E-state index is 4.99. The van der Waals surface area contributed by atoms with E-state index in [-0.39, 0.29) is 21.7 Å². The molecule has 0 radical (unpaired) electrons. The van der Waals surface area contributed by atoms with Crippen molar-refractivity contribution in [1.82, 2.24) is 29.9 Å². The zero-order chi connectivity index (χ0) is 66.7. The highest BCUT2D eigenvalue weighted by Crippen LogP contribution is 2.58. The van der Waals surface area contributed by atoms with E-state index in [0.29, 0.717) is 34.9 Å². The highest BCUT2D eigenvalue weighted by Gasteiger charge is 2.48. The molecule has 18 rings (SSSR count). The maximum absolute atomic E-state index is 4.99. The third kappa shape index (κ3) is 10.2. The predicted octanol–water partition coefficient (Wildman–Crippen LogP) is 24.3. The summed E-state index contributed by atoms with van der Waals surface area (Å²) in [6.07, 6.45) is 0. The van der Waals surface area contributed by atoms with E-state index < -0.39 is 0 Å². The first-order valence-corrected chi connectivity index (χ1v) is 35.4. The van der Waals surface area contributed by atoms with Crippen LogP contribution in [0.1, 0.15) is 77.6 Å². The second kappa shape index (κ2) is 23.4. The van der Waals surface area contributed by atoms with Crippen molar-refractivity contribution in [1.29, 1.82) is 0 Å². The highest BCUT2D eigenvalue weighted by molar-refractivity contribution is 7.26. The molecule has 0 aliphatic heterocycles. The van der Waals surface area contributed by atoms with E-state index in [1.54, 1.807) is 0 Å². The van der Waals surface area contributed by atoms with Gasteiger partial charge in [0.1, 0.15) is 0 Å². The molecule has 0 spiro atoms. The number of fused-ring (bicyclic) bond motifs is 12. The third-order valence-corrected chi connectivity index (χ3v) is 24.1. The fraction of sp³-hybridized carbons (Fsp3) is 0.133. The third-order valence-electron chi connectivity index (χ3n) is 21.8. The second-order valence-electron chi connectivity index (χ2n) is 28.2. The first-order chi connectivity index (χ1) is 47.6. The van der Waals surface area contributed by atoms with Crippen molar-refractivity contribution in [3.05, 3.63) is 301 Å². The summed E-state index contributed by atoms with van der Waals surface area (Å²) in [6, 6.07) is 99.3. The number of thiophene rings is 2. The van der Waals surface area contributed by atoms with Crippen LogP contribution in [0.25, 0.3) is 153 Å². The van der Waals surface area contributed by atoms with Gasteiger partial charge in [-0.1, -0.05) is 280 Å². The Bertz CT molecular complexity index is 5680. The van der Waals surface area contributed by atoms with E-state index >= 15 is 0 Å². The van der Waals surface area contributed by atoms with Gasteiger partial charge in [0, 0.05) is 73.7 Å². The molecule has 0 bridgehead atoms. The first-order valence-electron chi connectivity index (χ1n) is 33.7. The number of hydrogen-bond acceptors (Lipinski definition) is 8. The summed E-state index contributed by atoms with van der Waals surface area (Å²) in [7, 11) is 0. The maximum Gasteiger partial charge on any atom is 0.164 e. The van der Waals surface area contributed by atoms with E-state index in [2.05, 4.69) is 213 Å². The molecule has 472 valence electrons. The van der Waals surface area contributed by atoms with Crippen molar-refractivity contribution in [3.63, 3.8) is 0 Å². The predicted molar refractivity (Wildman–Crippen MR) is 412 cm³/mol. The van der Waals surface area contributed by atoms with Crippen LogP contribution in [-0.2, 0) is 21.7 Å². The summed E-state index contributed by atoms with van der Waals surface area (Å²) >= 11 is 3.80. The molecule has 6 nitrogen and oxygen atoms in total. The van der Waals surface area contributed by atoms with E-state index in [0.717, 1.165) is 38.9 Å². The van der Waals surface area contributed by atoms with Crippen LogP contribution in [0, 0.1) is 0 Å². The summed E-state index contributed by atoms with van der Waals surface area (Å²) in [5, 5.41) is 5.38. The van der Waals surface area contributed by atoms with Crippen molar-refractivity contribution in [3.8, 4) is 113 Å². The Morgan fingerprint density at radius 3 is 0.857 bits per heavy atom. The Morgan fingerprint density at radius 1 is 0.194 bits per heavy atom. The molecule has 0 saturated heterocycles. The Morgan fingerprint density at radius 2 is 0.469 bits per heavy atom. The molecule has 0 amide bonds. The molecule has 8 heteroatoms. The average Bonchev–Trinajstić information content (AvgIpc) is 1.10. The van der Waals surface area contributed by atoms with Crippen LogP contribution in [0.4, 0.5) is 0 Å². The summed E-state index contributed by atoms with van der Waals surface area (Å²) in [5.74, 6) is 3.99. The van der Waals surface area contributed by atoms with Crippen molar-refractivity contribution in [2.24, 2.45) is 0 Å². The van der Waals surface area contributed by atoms with Crippen LogP contribution in [0.2, 0.25) is 0 Å². The minimum Gasteiger partial charge on any atom is -0.208 e. The number of benzene rings is 12. The van der Waals surface area contributed by atoms with Crippen LogP contribution in [0.5, 0.6) is 0 Å². The largest absolute Gasteiger partial charge is 0.208 e. The summed E-state index contributed by atoms with van der Waals surface area (Å²) < 4.78 is 5.43. The van der Waals surface area contributed by atoms with Crippen LogP contribution in [0.3, 0.4) is 0 Å². The van der Waals surface area contributed by atoms with Crippen molar-refractivity contribution >= 4 is 63.0 Å². The normalized spacial score (nSPS) is 14.4. The second-order valence-corrected chi connectivity index (χ2v) is 30.4. The quantitative estimate of drug-likeness (QED) is 0.151. The Labute approximate surface area is 580 Å². The van der Waals surface area contributed by atoms with E-state index in [1.807, 2.05) is 144 Å². The summed E-state index contributed by atoms with van der Waals surface area (Å²) in [5.41, 5.74) is 21.2. The topological polar surface area (TPSA) is 77.3 Å². The molecule has 2 aliphatic rings. The van der Waals surface area contributed by atoms with Crippen LogP contribution in [-0.4, -0.2) is 29.9 Å². The van der Waals surface area contributed by atoms with Gasteiger partial charge in [0.25, 0.3) is 0 Å². The molecule has 16 aromatic rings. The summed E-state index contributed by atoms with van der Waals surface area (Å²) in [4.78, 5) is 29.6. The SMILES string of the molecule is CC1(C)c2cc(-c3ccc(-c4nc(-c5ccccc5)nc(-c5ccccc5)n4)cc3)ccc2-c2cc3c(cc2C1(C)C)sc1ccccc13.CC1(C)c2cc(-c3cccc(-c4nc(-c5ccccc5)nc(-c5ccccc5)n4)c3)ccc2-c2cc3c(cc2C1(C)C)sc1ccccc13. The highest BCUT2D eigenvalue weighted by atomic mass is 32.1. The monoisotopic (exact) mass is 1300 g/mol. The Balaban J connectivity index is 0.000000147. The van der Waals surface area contributed by atoms with Gasteiger partial charge < -0.3 is 0 Å². The van der Waals surface area contributed by atoms with Gasteiger partial charge in [0.2, 0.25) is 0 Å². The van der Waals surface area contributed by atoms with Crippen LogP contribution >= 0.6 is 22.7 Å². The fourth-order valence-electron chi connectivity index (χ4n) is 14.8. The lowest BCUT2D eigenvalue weighted by molar-refractivity contribution is 0.299. The van der Waals surface area contributed by atoms with Crippen LogP contribution in [0.15, 0.2) is 279 Å². The Hall–Kier alpha value is -10.9.